The predicted molar refractivity (Wildman–Crippen MR) is 52.5 cm³/mol. The van der Waals surface area contributed by atoms with Crippen molar-refractivity contribution < 1.29 is 9.53 Å². The SMILES string of the molecule is COC(=O)c1c(C)cc(C(=N)N)n1C. The normalized spacial score (nSPS) is 9.93. The van der Waals surface area contributed by atoms with Crippen LogP contribution in [0.15, 0.2) is 6.07 Å². The monoisotopic (exact) mass is 195 g/mol. The highest BCUT2D eigenvalue weighted by Crippen LogP contribution is 2.14. The lowest BCUT2D eigenvalue weighted by atomic mass is 10.2. The van der Waals surface area contributed by atoms with Gasteiger partial charge in [0.25, 0.3) is 0 Å². The number of carbonyl (C=O) groups excluding carboxylic acids is 1. The fraction of sp³-hybridized carbons (Fsp3) is 0.333. The van der Waals surface area contributed by atoms with Gasteiger partial charge in [-0.1, -0.05) is 0 Å². The number of ether oxygens (including phenoxy) is 1. The molecule has 0 atom stereocenters. The number of nitrogens with one attached hydrogen (secondary N) is 1. The smallest absolute Gasteiger partial charge is 0.354 e. The molecule has 0 aliphatic rings. The van der Waals surface area contributed by atoms with Crippen molar-refractivity contribution in [2.75, 3.05) is 7.11 Å². The maximum atomic E-state index is 11.3. The molecular formula is C9H13N3O2. The number of nitrogen functional groups attached to an aromatic ring is 1. The van der Waals surface area contributed by atoms with E-state index in [0.29, 0.717) is 11.4 Å². The number of hydrogen-bond donors (Lipinski definition) is 2. The van der Waals surface area contributed by atoms with Crippen molar-refractivity contribution in [2.24, 2.45) is 12.8 Å². The van der Waals surface area contributed by atoms with E-state index in [4.69, 9.17) is 11.1 Å². The van der Waals surface area contributed by atoms with Gasteiger partial charge in [0.15, 0.2) is 0 Å². The fourth-order valence-electron chi connectivity index (χ4n) is 1.41. The molecule has 0 aliphatic carbocycles. The van der Waals surface area contributed by atoms with Crippen LogP contribution >= 0.6 is 0 Å². The Hall–Kier alpha value is -1.78. The zero-order valence-corrected chi connectivity index (χ0v) is 8.42. The van der Waals surface area contributed by atoms with Crippen LogP contribution < -0.4 is 5.73 Å². The number of amidine groups is 1. The van der Waals surface area contributed by atoms with E-state index in [2.05, 4.69) is 4.74 Å². The molecule has 76 valence electrons. The van der Waals surface area contributed by atoms with Gasteiger partial charge in [-0.2, -0.15) is 0 Å². The Kier molecular flexibility index (Phi) is 2.60. The van der Waals surface area contributed by atoms with Gasteiger partial charge in [-0.3, -0.25) is 5.41 Å². The number of nitrogens with zero attached hydrogens (tertiary/aromatic N) is 1. The minimum atomic E-state index is -0.419. The summed E-state index contributed by atoms with van der Waals surface area (Å²) in [5, 5.41) is 7.29. The van der Waals surface area contributed by atoms with Gasteiger partial charge in [-0.05, 0) is 18.6 Å². The average Bonchev–Trinajstić information content (AvgIpc) is 2.41. The number of aromatic nitrogens is 1. The Balaban J connectivity index is 3.31. The molecule has 1 rings (SSSR count). The quantitative estimate of drug-likeness (QED) is 0.407. The molecule has 14 heavy (non-hydrogen) atoms. The number of nitrogens with two attached hydrogens (primary N) is 1. The summed E-state index contributed by atoms with van der Waals surface area (Å²) >= 11 is 0. The van der Waals surface area contributed by atoms with E-state index in [9.17, 15) is 4.79 Å². The number of esters is 1. The third-order valence-corrected chi connectivity index (χ3v) is 2.08. The fourth-order valence-corrected chi connectivity index (χ4v) is 1.41. The number of methoxy groups -OCH3 is 1. The standard InChI is InChI=1S/C9H13N3O2/c1-5-4-6(8(10)11)12(2)7(5)9(13)14-3/h4H,1-3H3,(H3,10,11). The Morgan fingerprint density at radius 2 is 2.21 bits per heavy atom. The minimum Gasteiger partial charge on any atom is -0.464 e. The van der Waals surface area contributed by atoms with Gasteiger partial charge in [-0.15, -0.1) is 0 Å². The van der Waals surface area contributed by atoms with E-state index in [-0.39, 0.29) is 5.84 Å². The number of rotatable bonds is 2. The van der Waals surface area contributed by atoms with Crippen LogP contribution in [-0.2, 0) is 11.8 Å². The number of aryl methyl sites for hydroxylation is 1. The first kappa shape index (κ1) is 10.3. The highest BCUT2D eigenvalue weighted by molar-refractivity contribution is 5.97. The van der Waals surface area contributed by atoms with Gasteiger partial charge in [-0.25, -0.2) is 4.79 Å². The minimum absolute atomic E-state index is 0.0641. The summed E-state index contributed by atoms with van der Waals surface area (Å²) in [5.41, 5.74) is 7.05. The maximum absolute atomic E-state index is 11.3. The molecule has 0 saturated carbocycles. The summed E-state index contributed by atoms with van der Waals surface area (Å²) in [5.74, 6) is -0.483. The average molecular weight is 195 g/mol. The molecule has 0 fully saturated rings. The van der Waals surface area contributed by atoms with Crippen molar-refractivity contribution in [3.05, 3.63) is 23.0 Å². The van der Waals surface area contributed by atoms with Crippen molar-refractivity contribution in [1.82, 2.24) is 4.57 Å². The summed E-state index contributed by atoms with van der Waals surface area (Å²) in [6.45, 7) is 1.78. The lowest BCUT2D eigenvalue weighted by Crippen LogP contribution is -2.18. The molecule has 0 radical (unpaired) electrons. The first-order valence-electron chi connectivity index (χ1n) is 4.08. The number of hydrogen-bond acceptors (Lipinski definition) is 3. The predicted octanol–water partition coefficient (Wildman–Crippen LogP) is 0.404. The zero-order chi connectivity index (χ0) is 10.9. The van der Waals surface area contributed by atoms with E-state index in [1.807, 2.05) is 0 Å². The lowest BCUT2D eigenvalue weighted by molar-refractivity contribution is 0.0589. The molecule has 0 aliphatic heterocycles. The number of carbonyl (C=O) groups is 1. The van der Waals surface area contributed by atoms with E-state index in [1.54, 1.807) is 24.6 Å². The molecule has 1 aromatic rings. The lowest BCUT2D eigenvalue weighted by Gasteiger charge is -2.04. The van der Waals surface area contributed by atoms with Crippen LogP contribution in [0.25, 0.3) is 0 Å². The highest BCUT2D eigenvalue weighted by atomic mass is 16.5. The van der Waals surface area contributed by atoms with E-state index >= 15 is 0 Å². The largest absolute Gasteiger partial charge is 0.464 e. The van der Waals surface area contributed by atoms with Crippen molar-refractivity contribution in [1.29, 1.82) is 5.41 Å². The van der Waals surface area contributed by atoms with Crippen molar-refractivity contribution >= 4 is 11.8 Å². The zero-order valence-electron chi connectivity index (χ0n) is 8.42. The summed E-state index contributed by atoms with van der Waals surface area (Å²) in [7, 11) is 3.00. The van der Waals surface area contributed by atoms with Crippen molar-refractivity contribution in [3.8, 4) is 0 Å². The molecule has 0 amide bonds. The van der Waals surface area contributed by atoms with E-state index < -0.39 is 5.97 Å². The molecule has 1 aromatic heterocycles. The van der Waals surface area contributed by atoms with Gasteiger partial charge in [0.05, 0.1) is 12.8 Å². The molecular weight excluding hydrogens is 182 g/mol. The van der Waals surface area contributed by atoms with Gasteiger partial charge < -0.3 is 15.0 Å². The van der Waals surface area contributed by atoms with Gasteiger partial charge in [0.2, 0.25) is 0 Å². The Bertz CT molecular complexity index is 393. The molecule has 0 unspecified atom stereocenters. The molecule has 1 heterocycles. The maximum Gasteiger partial charge on any atom is 0.354 e. The topological polar surface area (TPSA) is 81.1 Å². The van der Waals surface area contributed by atoms with Gasteiger partial charge in [0.1, 0.15) is 11.5 Å². The van der Waals surface area contributed by atoms with Crippen LogP contribution in [-0.4, -0.2) is 23.5 Å². The second-order valence-corrected chi connectivity index (χ2v) is 3.03. The second kappa shape index (κ2) is 3.53. The van der Waals surface area contributed by atoms with Crippen LogP contribution in [0, 0.1) is 12.3 Å². The highest BCUT2D eigenvalue weighted by Gasteiger charge is 2.17. The van der Waals surface area contributed by atoms with Crippen molar-refractivity contribution in [2.45, 2.75) is 6.92 Å². The van der Waals surface area contributed by atoms with Crippen LogP contribution in [0.1, 0.15) is 21.7 Å². The molecule has 0 spiro atoms. The third kappa shape index (κ3) is 1.48. The summed E-state index contributed by atoms with van der Waals surface area (Å²) in [4.78, 5) is 11.3. The Morgan fingerprint density at radius 1 is 1.64 bits per heavy atom. The van der Waals surface area contributed by atoms with Crippen LogP contribution in [0.2, 0.25) is 0 Å². The summed E-state index contributed by atoms with van der Waals surface area (Å²) in [6.07, 6.45) is 0. The van der Waals surface area contributed by atoms with E-state index in [1.165, 1.54) is 7.11 Å². The van der Waals surface area contributed by atoms with Crippen LogP contribution in [0.4, 0.5) is 0 Å². The molecule has 3 N–H and O–H groups in total. The molecule has 5 nitrogen and oxygen atoms in total. The third-order valence-electron chi connectivity index (χ3n) is 2.08. The second-order valence-electron chi connectivity index (χ2n) is 3.03. The molecule has 0 aromatic carbocycles. The van der Waals surface area contributed by atoms with Crippen LogP contribution in [0.3, 0.4) is 0 Å². The Labute approximate surface area is 82.0 Å². The summed E-state index contributed by atoms with van der Waals surface area (Å²) in [6, 6.07) is 1.69. The van der Waals surface area contributed by atoms with Gasteiger partial charge in [0, 0.05) is 7.05 Å². The summed E-state index contributed by atoms with van der Waals surface area (Å²) < 4.78 is 6.18. The van der Waals surface area contributed by atoms with Gasteiger partial charge >= 0.3 is 5.97 Å². The van der Waals surface area contributed by atoms with Crippen LogP contribution in [0.5, 0.6) is 0 Å². The molecule has 5 heteroatoms. The first-order chi connectivity index (χ1) is 6.49. The first-order valence-corrected chi connectivity index (χ1v) is 4.08. The van der Waals surface area contributed by atoms with E-state index in [0.717, 1.165) is 5.56 Å². The molecule has 0 saturated heterocycles. The Morgan fingerprint density at radius 3 is 2.57 bits per heavy atom. The van der Waals surface area contributed by atoms with Crippen molar-refractivity contribution in [3.63, 3.8) is 0 Å². The molecule has 0 bridgehead atoms.